The summed E-state index contributed by atoms with van der Waals surface area (Å²) in [6, 6.07) is 0. The van der Waals surface area contributed by atoms with E-state index in [1.54, 1.807) is 0 Å². The largest absolute Gasteiger partial charge is 0.350 e. The molecule has 116 valence electrons. The van der Waals surface area contributed by atoms with Gasteiger partial charge in [-0.25, -0.2) is 10.8 Å². The van der Waals surface area contributed by atoms with Crippen molar-refractivity contribution >= 4 is 11.7 Å². The topological polar surface area (TPSA) is 92.9 Å². The number of amides is 1. The molecule has 1 amide bonds. The minimum atomic E-state index is -0.186. The summed E-state index contributed by atoms with van der Waals surface area (Å²) in [6.45, 7) is 5.19. The van der Waals surface area contributed by atoms with Gasteiger partial charge in [-0.15, -0.1) is 0 Å². The minimum Gasteiger partial charge on any atom is -0.350 e. The van der Waals surface area contributed by atoms with Gasteiger partial charge in [0.2, 0.25) is 0 Å². The molecule has 0 atom stereocenters. The van der Waals surface area contributed by atoms with Gasteiger partial charge in [0.15, 0.2) is 5.82 Å². The summed E-state index contributed by atoms with van der Waals surface area (Å²) in [7, 11) is 0. The average molecular weight is 291 g/mol. The van der Waals surface area contributed by atoms with Crippen molar-refractivity contribution in [2.24, 2.45) is 17.2 Å². The quantitative estimate of drug-likeness (QED) is 0.551. The highest BCUT2D eigenvalue weighted by atomic mass is 16.1. The van der Waals surface area contributed by atoms with Crippen LogP contribution >= 0.6 is 0 Å². The number of hydrazine groups is 1. The number of anilines is 1. The molecule has 1 aliphatic rings. The van der Waals surface area contributed by atoms with E-state index in [0.717, 1.165) is 6.42 Å². The lowest BCUT2D eigenvalue weighted by atomic mass is 9.78. The Morgan fingerprint density at radius 2 is 2.10 bits per heavy atom. The zero-order valence-corrected chi connectivity index (χ0v) is 12.9. The van der Waals surface area contributed by atoms with Crippen LogP contribution in [-0.4, -0.2) is 22.4 Å². The maximum atomic E-state index is 12.2. The third-order valence-electron chi connectivity index (χ3n) is 4.14. The van der Waals surface area contributed by atoms with Crippen molar-refractivity contribution in [1.29, 1.82) is 0 Å². The van der Waals surface area contributed by atoms with Crippen molar-refractivity contribution in [2.45, 2.75) is 46.0 Å². The van der Waals surface area contributed by atoms with Crippen molar-refractivity contribution in [3.63, 3.8) is 0 Å². The fraction of sp³-hybridized carbons (Fsp3) is 0.667. The van der Waals surface area contributed by atoms with Gasteiger partial charge in [-0.05, 0) is 30.6 Å². The Kier molecular flexibility index (Phi) is 5.12. The number of aromatic nitrogens is 2. The van der Waals surface area contributed by atoms with Crippen molar-refractivity contribution in [3.8, 4) is 0 Å². The maximum absolute atomic E-state index is 12.2. The molecule has 1 heterocycles. The van der Waals surface area contributed by atoms with Crippen LogP contribution in [0.15, 0.2) is 12.4 Å². The second kappa shape index (κ2) is 6.85. The molecule has 0 unspecified atom stereocenters. The molecule has 0 radical (unpaired) electrons. The number of hydrogen-bond donors (Lipinski definition) is 3. The summed E-state index contributed by atoms with van der Waals surface area (Å²) >= 11 is 0. The van der Waals surface area contributed by atoms with E-state index < -0.39 is 0 Å². The van der Waals surface area contributed by atoms with Gasteiger partial charge in [-0.3, -0.25) is 9.78 Å². The lowest BCUT2D eigenvalue weighted by Gasteiger charge is -2.31. The molecule has 1 aromatic rings. The Balaban J connectivity index is 1.98. The lowest BCUT2D eigenvalue weighted by Crippen LogP contribution is -2.37. The van der Waals surface area contributed by atoms with Gasteiger partial charge < -0.3 is 10.7 Å². The molecule has 6 nitrogen and oxygen atoms in total. The van der Waals surface area contributed by atoms with Crippen LogP contribution in [0, 0.1) is 11.3 Å². The van der Waals surface area contributed by atoms with Crippen molar-refractivity contribution in [1.82, 2.24) is 15.3 Å². The molecular weight excluding hydrogens is 266 g/mol. The van der Waals surface area contributed by atoms with Gasteiger partial charge in [0.1, 0.15) is 5.69 Å². The summed E-state index contributed by atoms with van der Waals surface area (Å²) in [5.41, 5.74) is 2.94. The molecule has 0 aromatic carbocycles. The third-order valence-corrected chi connectivity index (χ3v) is 4.14. The van der Waals surface area contributed by atoms with Crippen LogP contribution in [0.1, 0.15) is 56.4 Å². The Morgan fingerprint density at radius 3 is 2.71 bits per heavy atom. The minimum absolute atomic E-state index is 0.186. The van der Waals surface area contributed by atoms with Crippen LogP contribution in [0.4, 0.5) is 5.82 Å². The van der Waals surface area contributed by atoms with E-state index in [2.05, 4.69) is 34.6 Å². The second-order valence-corrected chi connectivity index (χ2v) is 6.42. The average Bonchev–Trinajstić information content (AvgIpc) is 2.93. The second-order valence-electron chi connectivity index (χ2n) is 6.42. The van der Waals surface area contributed by atoms with Gasteiger partial charge in [0, 0.05) is 6.54 Å². The molecule has 1 aliphatic carbocycles. The number of nitrogen functional groups attached to an aromatic ring is 1. The Morgan fingerprint density at radius 1 is 1.38 bits per heavy atom. The molecule has 0 spiro atoms. The summed E-state index contributed by atoms with van der Waals surface area (Å²) in [4.78, 5) is 20.3. The van der Waals surface area contributed by atoms with Crippen LogP contribution in [0.3, 0.4) is 0 Å². The van der Waals surface area contributed by atoms with E-state index in [1.165, 1.54) is 38.1 Å². The number of hydrogen-bond acceptors (Lipinski definition) is 5. The SMILES string of the molecule is CC(C)CC1(CNC(=O)c2cncc(NN)n2)CCCC1. The fourth-order valence-corrected chi connectivity index (χ4v) is 3.35. The molecule has 1 fully saturated rings. The number of carbonyl (C=O) groups is 1. The third kappa shape index (κ3) is 4.14. The van der Waals surface area contributed by atoms with E-state index >= 15 is 0 Å². The molecule has 2 rings (SSSR count). The lowest BCUT2D eigenvalue weighted by molar-refractivity contribution is 0.0916. The first kappa shape index (κ1) is 15.7. The van der Waals surface area contributed by atoms with Crippen molar-refractivity contribution in [2.75, 3.05) is 12.0 Å². The standard InChI is InChI=1S/C15H25N5O/c1-11(2)7-15(5-3-4-6-15)10-18-14(21)12-8-17-9-13(19-12)20-16/h8-9,11H,3-7,10,16H2,1-2H3,(H,18,21)(H,19,20). The van der Waals surface area contributed by atoms with E-state index in [4.69, 9.17) is 5.84 Å². The first-order chi connectivity index (χ1) is 10.0. The first-order valence-corrected chi connectivity index (χ1v) is 7.61. The molecular formula is C15H25N5O. The summed E-state index contributed by atoms with van der Waals surface area (Å²) in [5, 5.41) is 3.03. The van der Waals surface area contributed by atoms with Crippen molar-refractivity contribution < 1.29 is 4.79 Å². The molecule has 0 bridgehead atoms. The summed E-state index contributed by atoms with van der Waals surface area (Å²) < 4.78 is 0. The maximum Gasteiger partial charge on any atom is 0.271 e. The summed E-state index contributed by atoms with van der Waals surface area (Å²) in [6.07, 6.45) is 9.00. The molecule has 21 heavy (non-hydrogen) atoms. The smallest absolute Gasteiger partial charge is 0.271 e. The predicted molar refractivity (Wildman–Crippen MR) is 82.5 cm³/mol. The monoisotopic (exact) mass is 291 g/mol. The van der Waals surface area contributed by atoms with E-state index in [9.17, 15) is 4.79 Å². The molecule has 4 N–H and O–H groups in total. The number of nitrogens with zero attached hydrogens (tertiary/aromatic N) is 2. The molecule has 6 heteroatoms. The van der Waals surface area contributed by atoms with Crippen LogP contribution in [-0.2, 0) is 0 Å². The van der Waals surface area contributed by atoms with Gasteiger partial charge >= 0.3 is 0 Å². The normalized spacial score (nSPS) is 17.0. The Bertz CT molecular complexity index is 483. The van der Waals surface area contributed by atoms with E-state index in [1.807, 2.05) is 0 Å². The number of carbonyl (C=O) groups excluding carboxylic acids is 1. The number of nitrogens with one attached hydrogen (secondary N) is 2. The van der Waals surface area contributed by atoms with Crippen LogP contribution < -0.4 is 16.6 Å². The first-order valence-electron chi connectivity index (χ1n) is 7.61. The zero-order chi connectivity index (χ0) is 15.3. The van der Waals surface area contributed by atoms with Crippen LogP contribution in [0.2, 0.25) is 0 Å². The highest BCUT2D eigenvalue weighted by Gasteiger charge is 2.34. The fourth-order valence-electron chi connectivity index (χ4n) is 3.35. The Hall–Kier alpha value is -1.69. The van der Waals surface area contributed by atoms with Crippen LogP contribution in [0.5, 0.6) is 0 Å². The molecule has 0 aliphatic heterocycles. The number of nitrogens with two attached hydrogens (primary N) is 1. The zero-order valence-electron chi connectivity index (χ0n) is 12.9. The number of rotatable bonds is 6. The molecule has 1 saturated carbocycles. The van der Waals surface area contributed by atoms with E-state index in [-0.39, 0.29) is 11.3 Å². The van der Waals surface area contributed by atoms with Crippen LogP contribution in [0.25, 0.3) is 0 Å². The van der Waals surface area contributed by atoms with Crippen molar-refractivity contribution in [3.05, 3.63) is 18.1 Å². The molecule has 1 aromatic heterocycles. The predicted octanol–water partition coefficient (Wildman–Crippen LogP) is 2.10. The van der Waals surface area contributed by atoms with Gasteiger partial charge in [-0.2, -0.15) is 0 Å². The van der Waals surface area contributed by atoms with Gasteiger partial charge in [-0.1, -0.05) is 26.7 Å². The molecule has 0 saturated heterocycles. The highest BCUT2D eigenvalue weighted by molar-refractivity contribution is 5.92. The van der Waals surface area contributed by atoms with E-state index in [0.29, 0.717) is 24.0 Å². The van der Waals surface area contributed by atoms with Gasteiger partial charge in [0.25, 0.3) is 5.91 Å². The Labute approximate surface area is 125 Å². The van der Waals surface area contributed by atoms with Gasteiger partial charge in [0.05, 0.1) is 12.4 Å². The summed E-state index contributed by atoms with van der Waals surface area (Å²) in [5.74, 6) is 6.13. The highest BCUT2D eigenvalue weighted by Crippen LogP contribution is 2.42.